The largest absolute Gasteiger partial charge is 0.395 e. The lowest BCUT2D eigenvalue weighted by Crippen LogP contribution is -2.64. The Morgan fingerprint density at radius 1 is 0.941 bits per heavy atom. The van der Waals surface area contributed by atoms with Gasteiger partial charge in [-0.3, -0.25) is 5.32 Å². The molecule has 1 unspecified atom stereocenters. The van der Waals surface area contributed by atoms with Gasteiger partial charge in [-0.05, 0) is 0 Å². The molecule has 1 heterocycles. The Kier molecular flexibility index (Phi) is 5.70. The predicted molar refractivity (Wildman–Crippen MR) is 54.9 cm³/mol. The molecular formula is C9H19NO7. The molecule has 1 aliphatic rings. The predicted octanol–water partition coefficient (Wildman–Crippen LogP) is -4.27. The molecule has 0 radical (unpaired) electrons. The lowest BCUT2D eigenvalue weighted by molar-refractivity contribution is -0.239. The molecule has 8 heteroatoms. The van der Waals surface area contributed by atoms with E-state index in [-0.39, 0.29) is 13.2 Å². The van der Waals surface area contributed by atoms with Crippen LogP contribution in [0.1, 0.15) is 0 Å². The van der Waals surface area contributed by atoms with Gasteiger partial charge in [-0.25, -0.2) is 0 Å². The van der Waals surface area contributed by atoms with Crippen molar-refractivity contribution in [1.29, 1.82) is 0 Å². The average molecular weight is 253 g/mol. The lowest BCUT2D eigenvalue weighted by Gasteiger charge is -2.41. The van der Waals surface area contributed by atoms with Gasteiger partial charge in [0.1, 0.15) is 30.6 Å². The quantitative estimate of drug-likeness (QED) is 0.261. The van der Waals surface area contributed by atoms with Crippen LogP contribution in [0.2, 0.25) is 0 Å². The average Bonchev–Trinajstić information content (AvgIpc) is 2.35. The first-order chi connectivity index (χ1) is 8.04. The van der Waals surface area contributed by atoms with Crippen molar-refractivity contribution in [2.45, 2.75) is 36.7 Å². The number of hydrogen-bond donors (Lipinski definition) is 7. The molecule has 1 aliphatic heterocycles. The number of aliphatic hydroxyl groups is 6. The first kappa shape index (κ1) is 14.7. The summed E-state index contributed by atoms with van der Waals surface area (Å²) in [4.78, 5) is 0. The molecule has 102 valence electrons. The van der Waals surface area contributed by atoms with Gasteiger partial charge in [-0.2, -0.15) is 0 Å². The van der Waals surface area contributed by atoms with Crippen molar-refractivity contribution < 1.29 is 35.4 Å². The summed E-state index contributed by atoms with van der Waals surface area (Å²) in [7, 11) is 0. The maximum absolute atomic E-state index is 9.62. The zero-order chi connectivity index (χ0) is 13.0. The second-order valence-electron chi connectivity index (χ2n) is 3.98. The van der Waals surface area contributed by atoms with E-state index in [1.807, 2.05) is 0 Å². The Bertz CT molecular complexity index is 221. The minimum Gasteiger partial charge on any atom is -0.395 e. The number of rotatable bonds is 5. The molecule has 5 atom stereocenters. The van der Waals surface area contributed by atoms with Crippen LogP contribution in [0, 0.1) is 0 Å². The van der Waals surface area contributed by atoms with E-state index in [4.69, 9.17) is 20.1 Å². The third kappa shape index (κ3) is 3.33. The maximum atomic E-state index is 9.62. The van der Waals surface area contributed by atoms with Gasteiger partial charge in [-0.1, -0.05) is 0 Å². The minimum absolute atomic E-state index is 0.383. The number of ether oxygens (including phenoxy) is 1. The summed E-state index contributed by atoms with van der Waals surface area (Å²) in [5.41, 5.74) is 0. The molecule has 0 bridgehead atoms. The molecule has 7 N–H and O–H groups in total. The van der Waals surface area contributed by atoms with Crippen LogP contribution in [-0.4, -0.2) is 87.1 Å². The summed E-state index contributed by atoms with van der Waals surface area (Å²) in [5, 5.41) is 57.8. The Labute approximate surface area is 98.1 Å². The zero-order valence-electron chi connectivity index (χ0n) is 9.18. The Morgan fingerprint density at radius 2 is 1.53 bits per heavy atom. The van der Waals surface area contributed by atoms with E-state index in [9.17, 15) is 15.3 Å². The van der Waals surface area contributed by atoms with E-state index < -0.39 is 43.3 Å². The molecule has 1 fully saturated rings. The number of nitrogens with one attached hydrogen (secondary N) is 1. The van der Waals surface area contributed by atoms with Gasteiger partial charge < -0.3 is 35.4 Å². The third-order valence-electron chi connectivity index (χ3n) is 2.73. The highest BCUT2D eigenvalue weighted by molar-refractivity contribution is 4.91. The van der Waals surface area contributed by atoms with E-state index in [0.717, 1.165) is 0 Å². The summed E-state index contributed by atoms with van der Waals surface area (Å²) in [6, 6.07) is -0.726. The molecule has 0 aromatic heterocycles. The molecule has 0 saturated carbocycles. The van der Waals surface area contributed by atoms with Crippen molar-refractivity contribution in [3.8, 4) is 0 Å². The van der Waals surface area contributed by atoms with E-state index in [2.05, 4.69) is 5.32 Å². The second kappa shape index (κ2) is 6.57. The van der Waals surface area contributed by atoms with Gasteiger partial charge in [0.05, 0.1) is 25.9 Å². The van der Waals surface area contributed by atoms with Gasteiger partial charge in [0.15, 0.2) is 0 Å². The van der Waals surface area contributed by atoms with Crippen molar-refractivity contribution in [3.05, 3.63) is 0 Å². The third-order valence-corrected chi connectivity index (χ3v) is 2.73. The molecule has 1 saturated heterocycles. The standard InChI is InChI=1S/C9H19NO7/c11-1-4(2-12)10-9-8(16)7(15)6(14)5(3-13)17-9/h4-16H,1-3H2/t5-,6-,7+,8-,9?/m1/s1. The molecule has 0 aromatic rings. The van der Waals surface area contributed by atoms with Crippen LogP contribution in [0.3, 0.4) is 0 Å². The van der Waals surface area contributed by atoms with E-state index in [1.54, 1.807) is 0 Å². The topological polar surface area (TPSA) is 143 Å². The Hall–Kier alpha value is -0.320. The molecular weight excluding hydrogens is 234 g/mol. The molecule has 0 aromatic carbocycles. The maximum Gasteiger partial charge on any atom is 0.137 e. The normalized spacial score (nSPS) is 38.6. The monoisotopic (exact) mass is 253 g/mol. The highest BCUT2D eigenvalue weighted by Crippen LogP contribution is 2.19. The first-order valence-corrected chi connectivity index (χ1v) is 5.33. The smallest absolute Gasteiger partial charge is 0.137 e. The summed E-state index contributed by atoms with van der Waals surface area (Å²) >= 11 is 0. The van der Waals surface area contributed by atoms with Gasteiger partial charge in [0, 0.05) is 0 Å². The molecule has 0 spiro atoms. The van der Waals surface area contributed by atoms with Gasteiger partial charge >= 0.3 is 0 Å². The fourth-order valence-electron chi connectivity index (χ4n) is 1.63. The minimum atomic E-state index is -1.48. The highest BCUT2D eigenvalue weighted by Gasteiger charge is 2.43. The second-order valence-corrected chi connectivity index (χ2v) is 3.98. The van der Waals surface area contributed by atoms with Gasteiger partial charge in [-0.15, -0.1) is 0 Å². The zero-order valence-corrected chi connectivity index (χ0v) is 9.18. The van der Waals surface area contributed by atoms with Crippen molar-refractivity contribution >= 4 is 0 Å². The lowest BCUT2D eigenvalue weighted by atomic mass is 9.98. The van der Waals surface area contributed by atoms with Gasteiger partial charge in [0.2, 0.25) is 0 Å². The summed E-state index contributed by atoms with van der Waals surface area (Å²) < 4.78 is 5.12. The van der Waals surface area contributed by atoms with E-state index in [1.165, 1.54) is 0 Å². The van der Waals surface area contributed by atoms with Crippen LogP contribution < -0.4 is 5.32 Å². The molecule has 0 amide bonds. The van der Waals surface area contributed by atoms with Crippen LogP contribution in [0.4, 0.5) is 0 Å². The van der Waals surface area contributed by atoms with Crippen LogP contribution >= 0.6 is 0 Å². The van der Waals surface area contributed by atoms with Crippen LogP contribution in [0.25, 0.3) is 0 Å². The number of hydrogen-bond acceptors (Lipinski definition) is 8. The van der Waals surface area contributed by atoms with Crippen LogP contribution in [0.15, 0.2) is 0 Å². The van der Waals surface area contributed by atoms with E-state index >= 15 is 0 Å². The summed E-state index contributed by atoms with van der Waals surface area (Å²) in [5.74, 6) is 0. The van der Waals surface area contributed by atoms with Crippen LogP contribution in [0.5, 0.6) is 0 Å². The molecule has 8 nitrogen and oxygen atoms in total. The van der Waals surface area contributed by atoms with Crippen molar-refractivity contribution in [3.63, 3.8) is 0 Å². The van der Waals surface area contributed by atoms with Crippen molar-refractivity contribution in [2.24, 2.45) is 0 Å². The molecule has 1 rings (SSSR count). The van der Waals surface area contributed by atoms with E-state index in [0.29, 0.717) is 0 Å². The fraction of sp³-hybridized carbons (Fsp3) is 1.00. The van der Waals surface area contributed by atoms with Crippen molar-refractivity contribution in [1.82, 2.24) is 5.32 Å². The summed E-state index contributed by atoms with van der Waals surface area (Å²) in [6.45, 7) is -1.29. The first-order valence-electron chi connectivity index (χ1n) is 5.33. The SMILES string of the molecule is OCC(CO)NC1O[C@H](CO)[C@@H](O)[C@H](O)[C@H]1O. The highest BCUT2D eigenvalue weighted by atomic mass is 16.6. The fourth-order valence-corrected chi connectivity index (χ4v) is 1.63. The van der Waals surface area contributed by atoms with Gasteiger partial charge in [0.25, 0.3) is 0 Å². The molecule has 17 heavy (non-hydrogen) atoms. The molecule has 0 aliphatic carbocycles. The Balaban J connectivity index is 2.65. The summed E-state index contributed by atoms with van der Waals surface area (Å²) in [6.07, 6.45) is -6.42. The number of aliphatic hydroxyl groups excluding tert-OH is 6. The van der Waals surface area contributed by atoms with Crippen LogP contribution in [-0.2, 0) is 4.74 Å². The Morgan fingerprint density at radius 3 is 2.00 bits per heavy atom. The van der Waals surface area contributed by atoms with Crippen molar-refractivity contribution in [2.75, 3.05) is 19.8 Å².